The van der Waals surface area contributed by atoms with E-state index in [1.807, 2.05) is 0 Å². The molecule has 2 rings (SSSR count). The molecule has 0 aromatic carbocycles. The van der Waals surface area contributed by atoms with E-state index in [9.17, 15) is 5.26 Å². The molecule has 0 unspecified atom stereocenters. The van der Waals surface area contributed by atoms with Crippen LogP contribution in [0.1, 0.15) is 110 Å². The van der Waals surface area contributed by atoms with E-state index in [1.54, 1.807) is 0 Å². The number of rotatable bonds is 11. The minimum absolute atomic E-state index is 0.0766. The lowest BCUT2D eigenvalue weighted by Gasteiger charge is -2.35. The summed E-state index contributed by atoms with van der Waals surface area (Å²) < 4.78 is 12.0. The molecule has 2 aliphatic carbocycles. The van der Waals surface area contributed by atoms with Gasteiger partial charge in [0.1, 0.15) is 6.79 Å². The topological polar surface area (TPSA) is 42.2 Å². The average Bonchev–Trinajstić information content (AvgIpc) is 2.69. The third kappa shape index (κ3) is 7.20. The van der Waals surface area contributed by atoms with Gasteiger partial charge in [0.05, 0.1) is 23.7 Å². The lowest BCUT2D eigenvalue weighted by atomic mass is 9.71. The highest BCUT2D eigenvalue weighted by Gasteiger charge is 2.35. The van der Waals surface area contributed by atoms with Gasteiger partial charge in [-0.2, -0.15) is 5.26 Å². The van der Waals surface area contributed by atoms with Crippen LogP contribution in [0.2, 0.25) is 0 Å². The van der Waals surface area contributed by atoms with Crippen LogP contribution >= 0.6 is 0 Å². The van der Waals surface area contributed by atoms with Gasteiger partial charge in [-0.3, -0.25) is 0 Å². The fourth-order valence-electron chi connectivity index (χ4n) is 4.75. The van der Waals surface area contributed by atoms with Crippen LogP contribution in [0.5, 0.6) is 0 Å². The summed E-state index contributed by atoms with van der Waals surface area (Å²) in [5.41, 5.74) is -0.0766. The van der Waals surface area contributed by atoms with Gasteiger partial charge in [-0.05, 0) is 63.7 Å². The van der Waals surface area contributed by atoms with Crippen molar-refractivity contribution >= 4 is 0 Å². The maximum Gasteiger partial charge on any atom is 0.147 e. The van der Waals surface area contributed by atoms with E-state index in [1.165, 1.54) is 64.2 Å². The second kappa shape index (κ2) is 12.0. The second-order valence-electron chi connectivity index (χ2n) is 8.78. The highest BCUT2D eigenvalue weighted by Crippen LogP contribution is 2.41. The van der Waals surface area contributed by atoms with Crippen molar-refractivity contribution in [2.24, 2.45) is 11.3 Å². The lowest BCUT2D eigenvalue weighted by Crippen LogP contribution is -2.31. The lowest BCUT2D eigenvalue weighted by molar-refractivity contribution is -0.137. The van der Waals surface area contributed by atoms with Crippen molar-refractivity contribution in [1.82, 2.24) is 0 Å². The monoisotopic (exact) mass is 363 g/mol. The SMILES string of the molecule is CCCCC[C@]1(C#N)CC[C@H](OCO[C@H]2CC[C@H](CCCC)CC2)CC1. The summed E-state index contributed by atoms with van der Waals surface area (Å²) >= 11 is 0. The Labute approximate surface area is 161 Å². The minimum atomic E-state index is -0.0766. The van der Waals surface area contributed by atoms with Crippen LogP contribution in [0, 0.1) is 22.7 Å². The normalized spacial score (nSPS) is 32.3. The van der Waals surface area contributed by atoms with Crippen LogP contribution in [-0.4, -0.2) is 19.0 Å². The predicted molar refractivity (Wildman–Crippen MR) is 107 cm³/mol. The summed E-state index contributed by atoms with van der Waals surface area (Å²) in [5, 5.41) is 9.63. The van der Waals surface area contributed by atoms with Crippen molar-refractivity contribution < 1.29 is 9.47 Å². The summed E-state index contributed by atoms with van der Waals surface area (Å²) in [4.78, 5) is 0. The molecule has 0 aliphatic heterocycles. The van der Waals surface area contributed by atoms with Gasteiger partial charge < -0.3 is 9.47 Å². The van der Waals surface area contributed by atoms with Gasteiger partial charge in [-0.15, -0.1) is 0 Å². The van der Waals surface area contributed by atoms with Gasteiger partial charge in [-0.25, -0.2) is 0 Å². The zero-order valence-corrected chi connectivity index (χ0v) is 17.3. The first-order valence-corrected chi connectivity index (χ1v) is 11.4. The molecule has 0 spiro atoms. The Morgan fingerprint density at radius 2 is 1.46 bits per heavy atom. The number of unbranched alkanes of at least 4 members (excludes halogenated alkanes) is 3. The molecule has 0 saturated heterocycles. The number of hydrogen-bond acceptors (Lipinski definition) is 3. The van der Waals surface area contributed by atoms with Crippen LogP contribution in [0.3, 0.4) is 0 Å². The minimum Gasteiger partial charge on any atom is -0.352 e. The third-order valence-electron chi connectivity index (χ3n) is 6.75. The van der Waals surface area contributed by atoms with Gasteiger partial charge in [0, 0.05) is 0 Å². The first kappa shape index (κ1) is 21.7. The van der Waals surface area contributed by atoms with Crippen molar-refractivity contribution in [3.05, 3.63) is 0 Å². The van der Waals surface area contributed by atoms with E-state index in [-0.39, 0.29) is 5.41 Å². The fraction of sp³-hybridized carbons (Fsp3) is 0.957. The molecule has 0 aromatic rings. The highest BCUT2D eigenvalue weighted by atomic mass is 16.7. The van der Waals surface area contributed by atoms with Gasteiger partial charge in [-0.1, -0.05) is 52.4 Å². The number of hydrogen-bond donors (Lipinski definition) is 0. The molecule has 2 saturated carbocycles. The molecule has 150 valence electrons. The molecular weight excluding hydrogens is 322 g/mol. The Kier molecular flexibility index (Phi) is 10.0. The third-order valence-corrected chi connectivity index (χ3v) is 6.75. The Hall–Kier alpha value is -0.590. The Balaban J connectivity index is 1.57. The van der Waals surface area contributed by atoms with Gasteiger partial charge in [0.2, 0.25) is 0 Å². The average molecular weight is 364 g/mol. The molecule has 0 N–H and O–H groups in total. The van der Waals surface area contributed by atoms with Gasteiger partial charge in [0.15, 0.2) is 0 Å². The van der Waals surface area contributed by atoms with Crippen LogP contribution in [0.15, 0.2) is 0 Å². The molecule has 0 atom stereocenters. The maximum absolute atomic E-state index is 9.63. The molecule has 0 radical (unpaired) electrons. The first-order chi connectivity index (χ1) is 12.7. The van der Waals surface area contributed by atoms with Crippen molar-refractivity contribution in [1.29, 1.82) is 5.26 Å². The Bertz CT molecular complexity index is 401. The Morgan fingerprint density at radius 1 is 0.846 bits per heavy atom. The van der Waals surface area contributed by atoms with Gasteiger partial charge >= 0.3 is 0 Å². The van der Waals surface area contributed by atoms with Crippen LogP contribution in [-0.2, 0) is 9.47 Å². The summed E-state index contributed by atoms with van der Waals surface area (Å²) in [6, 6.07) is 2.64. The molecule has 2 aliphatic rings. The summed E-state index contributed by atoms with van der Waals surface area (Å²) in [7, 11) is 0. The van der Waals surface area contributed by atoms with Crippen molar-refractivity contribution in [3.63, 3.8) is 0 Å². The molecule has 0 aromatic heterocycles. The van der Waals surface area contributed by atoms with E-state index < -0.39 is 0 Å². The molecule has 26 heavy (non-hydrogen) atoms. The summed E-state index contributed by atoms with van der Waals surface area (Å²) in [6.45, 7) is 4.95. The summed E-state index contributed by atoms with van der Waals surface area (Å²) in [6.07, 6.45) is 18.7. The van der Waals surface area contributed by atoms with Crippen molar-refractivity contribution in [3.8, 4) is 6.07 Å². The predicted octanol–water partition coefficient (Wildman–Crippen LogP) is 6.76. The molecule has 0 heterocycles. The Morgan fingerprint density at radius 3 is 2.04 bits per heavy atom. The zero-order chi connectivity index (χ0) is 18.7. The molecular formula is C23H41NO2. The smallest absolute Gasteiger partial charge is 0.147 e. The van der Waals surface area contributed by atoms with Gasteiger partial charge in [0.25, 0.3) is 0 Å². The molecule has 0 bridgehead atoms. The molecule has 0 amide bonds. The van der Waals surface area contributed by atoms with E-state index in [0.29, 0.717) is 19.0 Å². The first-order valence-electron chi connectivity index (χ1n) is 11.4. The largest absolute Gasteiger partial charge is 0.352 e. The standard InChI is InChI=1S/C23H41NO2/c1-3-5-7-15-23(18-24)16-13-22(14-17-23)26-19-25-21-11-9-20(10-12-21)8-6-4-2/h20-22H,3-17,19H2,1-2H3/t20-,21-,22-,23-. The summed E-state index contributed by atoms with van der Waals surface area (Å²) in [5.74, 6) is 0.931. The quantitative estimate of drug-likeness (QED) is 0.301. The van der Waals surface area contributed by atoms with E-state index in [4.69, 9.17) is 9.47 Å². The van der Waals surface area contributed by atoms with E-state index >= 15 is 0 Å². The maximum atomic E-state index is 9.63. The van der Waals surface area contributed by atoms with Crippen molar-refractivity contribution in [2.45, 2.75) is 122 Å². The van der Waals surface area contributed by atoms with E-state index in [0.717, 1.165) is 38.0 Å². The van der Waals surface area contributed by atoms with E-state index in [2.05, 4.69) is 19.9 Å². The molecule has 3 nitrogen and oxygen atoms in total. The number of nitrogens with zero attached hydrogens (tertiary/aromatic N) is 1. The zero-order valence-electron chi connectivity index (χ0n) is 17.3. The van der Waals surface area contributed by atoms with Crippen LogP contribution in [0.25, 0.3) is 0 Å². The van der Waals surface area contributed by atoms with Crippen molar-refractivity contribution in [2.75, 3.05) is 6.79 Å². The molecule has 3 heteroatoms. The highest BCUT2D eigenvalue weighted by molar-refractivity contribution is 5.01. The number of ether oxygens (including phenoxy) is 2. The number of nitriles is 1. The van der Waals surface area contributed by atoms with Crippen LogP contribution in [0.4, 0.5) is 0 Å². The molecule has 2 fully saturated rings. The van der Waals surface area contributed by atoms with Crippen LogP contribution < -0.4 is 0 Å². The second-order valence-corrected chi connectivity index (χ2v) is 8.78. The fourth-order valence-corrected chi connectivity index (χ4v) is 4.75.